The summed E-state index contributed by atoms with van der Waals surface area (Å²) in [5.74, 6) is -0.220. The maximum atomic E-state index is 13.5. The van der Waals surface area contributed by atoms with Gasteiger partial charge in [0.15, 0.2) is 5.43 Å². The number of hydrogen-bond acceptors (Lipinski definition) is 7. The number of benzene rings is 1. The van der Waals surface area contributed by atoms with E-state index in [1.807, 2.05) is 31.4 Å². The van der Waals surface area contributed by atoms with E-state index in [9.17, 15) is 13.2 Å². The second-order valence-electron chi connectivity index (χ2n) is 8.75. The van der Waals surface area contributed by atoms with E-state index >= 15 is 0 Å². The molecule has 0 bridgehead atoms. The number of aryl methyl sites for hydroxylation is 1. The Bertz CT molecular complexity index is 1560. The summed E-state index contributed by atoms with van der Waals surface area (Å²) in [7, 11) is -0.259. The van der Waals surface area contributed by atoms with Gasteiger partial charge in [-0.25, -0.2) is 12.7 Å². The molecule has 10 heteroatoms. The van der Waals surface area contributed by atoms with Crippen LogP contribution in [0.3, 0.4) is 0 Å². The Morgan fingerprint density at radius 2 is 1.91 bits per heavy atom. The van der Waals surface area contributed by atoms with Gasteiger partial charge >= 0.3 is 0 Å². The van der Waals surface area contributed by atoms with Crippen molar-refractivity contribution >= 4 is 31.7 Å². The summed E-state index contributed by atoms with van der Waals surface area (Å²) in [6.07, 6.45) is 5.01. The molecule has 35 heavy (non-hydrogen) atoms. The van der Waals surface area contributed by atoms with Crippen LogP contribution < -0.4 is 5.43 Å². The Balaban J connectivity index is 1.50. The normalized spacial score (nSPS) is 16.8. The van der Waals surface area contributed by atoms with Gasteiger partial charge in [-0.05, 0) is 29.1 Å². The molecule has 1 aliphatic rings. The van der Waals surface area contributed by atoms with E-state index in [0.717, 1.165) is 16.5 Å². The van der Waals surface area contributed by atoms with Crippen LogP contribution in [0.2, 0.25) is 0 Å². The molecule has 0 N–H and O–H groups in total. The molecular formula is C25H26N4O5S. The number of aromatic nitrogens is 3. The van der Waals surface area contributed by atoms with Gasteiger partial charge in [0, 0.05) is 54.9 Å². The largest absolute Gasteiger partial charge is 0.376 e. The van der Waals surface area contributed by atoms with E-state index in [4.69, 9.17) is 9.47 Å². The number of sulfonamides is 1. The van der Waals surface area contributed by atoms with Crippen molar-refractivity contribution in [1.29, 1.82) is 0 Å². The lowest BCUT2D eigenvalue weighted by Gasteiger charge is -2.27. The smallest absolute Gasteiger partial charge is 0.218 e. The van der Waals surface area contributed by atoms with E-state index in [1.54, 1.807) is 35.3 Å². The number of likely N-dealkylation sites (N-methyl/N-ethyl adjacent to an activating group) is 1. The highest BCUT2D eigenvalue weighted by atomic mass is 32.2. The molecule has 9 nitrogen and oxygen atoms in total. The first-order valence-electron chi connectivity index (χ1n) is 11.3. The summed E-state index contributed by atoms with van der Waals surface area (Å²) in [6.45, 7) is 1.56. The van der Waals surface area contributed by atoms with Gasteiger partial charge in [-0.3, -0.25) is 14.5 Å². The molecule has 0 aliphatic carbocycles. The molecular weight excluding hydrogens is 468 g/mol. The molecule has 0 unspecified atom stereocenters. The number of fused-ring (bicyclic) bond motifs is 2. The molecule has 0 radical (unpaired) electrons. The number of hydrogen-bond donors (Lipinski definition) is 0. The SMILES string of the molecule is CN(C[C@@H]1COCCO1)S(=O)(=O)Cc1ccc2ccc3ncc(-c4cnn(C)c4)cc3c(=O)c2c1. The first-order chi connectivity index (χ1) is 16.8. The van der Waals surface area contributed by atoms with Crippen LogP contribution in [0.1, 0.15) is 5.56 Å². The Kier molecular flexibility index (Phi) is 6.37. The first-order valence-corrected chi connectivity index (χ1v) is 12.9. The lowest BCUT2D eigenvalue weighted by molar-refractivity contribution is -0.0909. The second kappa shape index (κ2) is 9.46. The summed E-state index contributed by atoms with van der Waals surface area (Å²) in [4.78, 5) is 18.0. The average molecular weight is 495 g/mol. The summed E-state index contributed by atoms with van der Waals surface area (Å²) >= 11 is 0. The summed E-state index contributed by atoms with van der Waals surface area (Å²) in [5.41, 5.74) is 2.56. The minimum atomic E-state index is -3.62. The molecule has 1 aliphatic heterocycles. The zero-order chi connectivity index (χ0) is 24.6. The summed E-state index contributed by atoms with van der Waals surface area (Å²) in [5, 5.41) is 5.82. The predicted octanol–water partition coefficient (Wildman–Crippen LogP) is 2.33. The number of rotatable bonds is 6. The highest BCUT2D eigenvalue weighted by molar-refractivity contribution is 7.88. The van der Waals surface area contributed by atoms with Gasteiger partial charge in [0.1, 0.15) is 0 Å². The first kappa shape index (κ1) is 23.6. The van der Waals surface area contributed by atoms with Crippen LogP contribution in [0.15, 0.2) is 59.8 Å². The second-order valence-corrected chi connectivity index (χ2v) is 10.8. The van der Waals surface area contributed by atoms with Gasteiger partial charge in [0.05, 0.1) is 43.4 Å². The Morgan fingerprint density at radius 1 is 1.09 bits per heavy atom. The van der Waals surface area contributed by atoms with Crippen LogP contribution in [0.5, 0.6) is 0 Å². The molecule has 3 heterocycles. The standard InChI is InChI=1S/C25H26N4O5S/c1-28-13-20(12-27-28)19-10-23-24(26-11-19)6-5-18-4-3-17(9-22(18)25(23)30)16-35(31,32)29(2)14-21-15-33-7-8-34-21/h3-6,9-13,21H,7-8,14-16H2,1-2H3/t21-/m1/s1. The zero-order valence-corrected chi connectivity index (χ0v) is 20.4. The third-order valence-electron chi connectivity index (χ3n) is 6.15. The van der Waals surface area contributed by atoms with Gasteiger partial charge in [0.25, 0.3) is 0 Å². The van der Waals surface area contributed by atoms with Crippen molar-refractivity contribution in [3.8, 4) is 11.1 Å². The van der Waals surface area contributed by atoms with Crippen LogP contribution in [-0.2, 0) is 32.3 Å². The van der Waals surface area contributed by atoms with E-state index in [2.05, 4.69) is 10.1 Å². The maximum Gasteiger partial charge on any atom is 0.218 e. The maximum absolute atomic E-state index is 13.5. The van der Waals surface area contributed by atoms with E-state index in [0.29, 0.717) is 41.7 Å². The molecule has 1 saturated heterocycles. The minimum Gasteiger partial charge on any atom is -0.376 e. The van der Waals surface area contributed by atoms with Crippen molar-refractivity contribution in [3.05, 3.63) is 70.8 Å². The van der Waals surface area contributed by atoms with Gasteiger partial charge in [-0.2, -0.15) is 5.10 Å². The summed E-state index contributed by atoms with van der Waals surface area (Å²) < 4.78 is 39.9. The van der Waals surface area contributed by atoms with Gasteiger partial charge in [0.2, 0.25) is 10.0 Å². The van der Waals surface area contributed by atoms with Crippen LogP contribution in [0.25, 0.3) is 32.8 Å². The van der Waals surface area contributed by atoms with Crippen LogP contribution in [0, 0.1) is 0 Å². The fraction of sp³-hybridized carbons (Fsp3) is 0.320. The molecule has 0 amide bonds. The highest BCUT2D eigenvalue weighted by Gasteiger charge is 2.24. The number of ether oxygens (including phenoxy) is 2. The Hall–Kier alpha value is -3.18. The topological polar surface area (TPSA) is 104 Å². The van der Waals surface area contributed by atoms with Crippen molar-refractivity contribution < 1.29 is 17.9 Å². The third-order valence-corrected chi connectivity index (χ3v) is 7.95. The van der Waals surface area contributed by atoms with Gasteiger partial charge in [-0.1, -0.05) is 18.2 Å². The van der Waals surface area contributed by atoms with Crippen molar-refractivity contribution in [3.63, 3.8) is 0 Å². The molecule has 2 aromatic carbocycles. The molecule has 5 rings (SSSR count). The molecule has 1 fully saturated rings. The molecule has 0 saturated carbocycles. The van der Waals surface area contributed by atoms with Crippen molar-refractivity contribution in [2.24, 2.45) is 7.05 Å². The molecule has 1 atom stereocenters. The molecule has 2 aromatic heterocycles. The van der Waals surface area contributed by atoms with Crippen molar-refractivity contribution in [2.45, 2.75) is 11.9 Å². The van der Waals surface area contributed by atoms with E-state index < -0.39 is 10.0 Å². The van der Waals surface area contributed by atoms with Crippen molar-refractivity contribution in [2.75, 3.05) is 33.4 Å². The number of pyridine rings is 1. The zero-order valence-electron chi connectivity index (χ0n) is 19.5. The van der Waals surface area contributed by atoms with E-state index in [1.165, 1.54) is 11.4 Å². The van der Waals surface area contributed by atoms with E-state index in [-0.39, 0.29) is 23.8 Å². The minimum absolute atomic E-state index is 0.196. The molecule has 0 spiro atoms. The van der Waals surface area contributed by atoms with Crippen LogP contribution in [0.4, 0.5) is 0 Å². The molecule has 4 aromatic rings. The van der Waals surface area contributed by atoms with Gasteiger partial charge in [-0.15, -0.1) is 0 Å². The van der Waals surface area contributed by atoms with Gasteiger partial charge < -0.3 is 9.47 Å². The fourth-order valence-corrected chi connectivity index (χ4v) is 5.44. The monoisotopic (exact) mass is 494 g/mol. The number of nitrogens with zero attached hydrogens (tertiary/aromatic N) is 4. The average Bonchev–Trinajstić information content (AvgIpc) is 3.23. The third kappa shape index (κ3) is 4.96. The highest BCUT2D eigenvalue weighted by Crippen LogP contribution is 2.23. The lowest BCUT2D eigenvalue weighted by Crippen LogP contribution is -2.41. The van der Waals surface area contributed by atoms with Crippen LogP contribution in [-0.4, -0.2) is 67.0 Å². The Morgan fingerprint density at radius 3 is 2.66 bits per heavy atom. The Labute approximate surface area is 203 Å². The summed E-state index contributed by atoms with van der Waals surface area (Å²) in [6, 6.07) is 10.6. The van der Waals surface area contributed by atoms with Crippen LogP contribution >= 0.6 is 0 Å². The van der Waals surface area contributed by atoms with Crippen molar-refractivity contribution in [1.82, 2.24) is 19.1 Å². The molecule has 182 valence electrons. The quantitative estimate of drug-likeness (QED) is 0.405. The fourth-order valence-electron chi connectivity index (χ4n) is 4.23. The predicted molar refractivity (Wildman–Crippen MR) is 134 cm³/mol. The lowest BCUT2D eigenvalue weighted by atomic mass is 10.1.